The van der Waals surface area contributed by atoms with Crippen molar-refractivity contribution in [3.63, 3.8) is 0 Å². The molecule has 4 nitrogen and oxygen atoms in total. The van der Waals surface area contributed by atoms with Gasteiger partial charge in [-0.15, -0.1) is 29.1 Å². The second-order valence-corrected chi connectivity index (χ2v) is 29.1. The van der Waals surface area contributed by atoms with Crippen molar-refractivity contribution < 1.29 is 9.59 Å². The Bertz CT molecular complexity index is 2840. The molecule has 83 heavy (non-hydrogen) atoms. The van der Waals surface area contributed by atoms with Crippen molar-refractivity contribution in [1.29, 1.82) is 0 Å². The molecule has 2 aromatic carbocycles. The fourth-order valence-corrected chi connectivity index (χ4v) is 15.5. The predicted molar refractivity (Wildman–Crippen MR) is 359 cm³/mol. The van der Waals surface area contributed by atoms with Gasteiger partial charge < -0.3 is 9.80 Å². The van der Waals surface area contributed by atoms with Crippen molar-refractivity contribution in [3.05, 3.63) is 114 Å². The third-order valence-corrected chi connectivity index (χ3v) is 20.9. The highest BCUT2D eigenvalue weighted by Crippen LogP contribution is 2.55. The number of benzene rings is 2. The van der Waals surface area contributed by atoms with E-state index in [0.29, 0.717) is 36.1 Å². The van der Waals surface area contributed by atoms with Crippen LogP contribution in [0.25, 0.3) is 22.5 Å². The van der Waals surface area contributed by atoms with Gasteiger partial charge in [0.1, 0.15) is 0 Å². The maximum atomic E-state index is 15.3. The van der Waals surface area contributed by atoms with Gasteiger partial charge in [-0.1, -0.05) is 259 Å². The molecular weight excluding hydrogens is 1050 g/mol. The monoisotopic (exact) mass is 1160 g/mol. The third kappa shape index (κ3) is 18.0. The summed E-state index contributed by atoms with van der Waals surface area (Å²) in [7, 11) is 0. The number of carbonyl (C=O) groups excluding carboxylic acids is 2. The van der Waals surface area contributed by atoms with Crippen LogP contribution in [0.15, 0.2) is 77.2 Å². The van der Waals surface area contributed by atoms with Gasteiger partial charge in [-0.05, 0) is 131 Å². The topological polar surface area (TPSA) is 40.6 Å². The predicted octanol–water partition coefficient (Wildman–Crippen LogP) is 22.1. The second kappa shape index (κ2) is 33.3. The van der Waals surface area contributed by atoms with Gasteiger partial charge in [0.15, 0.2) is 0 Å². The summed E-state index contributed by atoms with van der Waals surface area (Å²) in [6.45, 7) is 24.6. The van der Waals surface area contributed by atoms with Crippen molar-refractivity contribution in [2.24, 2.45) is 35.5 Å². The summed E-state index contributed by atoms with van der Waals surface area (Å²) in [4.78, 5) is 37.5. The summed E-state index contributed by atoms with van der Waals surface area (Å²) >= 11 is 3.25. The minimum Gasteiger partial charge on any atom is -0.306 e. The number of terminal acetylenes is 1. The summed E-state index contributed by atoms with van der Waals surface area (Å²) in [6, 6.07) is 22.1. The van der Waals surface area contributed by atoms with Crippen LogP contribution in [0.4, 0.5) is 0 Å². The van der Waals surface area contributed by atoms with Gasteiger partial charge in [-0.2, -0.15) is 0 Å². The Kier molecular flexibility index (Phi) is 26.5. The normalized spacial score (nSPS) is 16.0. The van der Waals surface area contributed by atoms with E-state index in [1.165, 1.54) is 164 Å². The van der Waals surface area contributed by atoms with Crippen LogP contribution in [0, 0.1) is 59.7 Å². The van der Waals surface area contributed by atoms with Crippen molar-refractivity contribution >= 4 is 45.9 Å². The molecule has 0 saturated heterocycles. The number of unbranched alkanes of at least 4 members (excludes halogenated alkanes) is 10. The number of hydrogen-bond acceptors (Lipinski definition) is 4. The maximum absolute atomic E-state index is 15.3. The first-order chi connectivity index (χ1) is 40.2. The van der Waals surface area contributed by atoms with Crippen LogP contribution >= 0.6 is 22.7 Å². The molecule has 0 fully saturated rings. The maximum Gasteiger partial charge on any atom is 0.261 e. The molecule has 0 saturated carbocycles. The van der Waals surface area contributed by atoms with Crippen LogP contribution in [-0.4, -0.2) is 34.7 Å². The molecule has 1 aliphatic carbocycles. The van der Waals surface area contributed by atoms with Gasteiger partial charge in [0.05, 0.1) is 37.2 Å². The van der Waals surface area contributed by atoms with Crippen LogP contribution < -0.4 is 0 Å². The van der Waals surface area contributed by atoms with E-state index < -0.39 is 0 Å². The lowest BCUT2D eigenvalue weighted by molar-refractivity contribution is -0.124. The lowest BCUT2D eigenvalue weighted by atomic mass is 9.70. The van der Waals surface area contributed by atoms with Gasteiger partial charge in [-0.25, -0.2) is 0 Å². The molecule has 4 atom stereocenters. The summed E-state index contributed by atoms with van der Waals surface area (Å²) in [6.07, 6.45) is 40.5. The summed E-state index contributed by atoms with van der Waals surface area (Å²) in [5.41, 5.74) is 10.2. The Labute approximate surface area is 514 Å². The van der Waals surface area contributed by atoms with Gasteiger partial charge in [0.25, 0.3) is 11.8 Å². The lowest BCUT2D eigenvalue weighted by Gasteiger charge is -2.33. The minimum absolute atomic E-state index is 0.0281. The molecule has 3 aliphatic rings. The van der Waals surface area contributed by atoms with E-state index in [0.717, 1.165) is 99.3 Å². The first kappa shape index (κ1) is 65.9. The Hall–Kier alpha value is -4.62. The van der Waals surface area contributed by atoms with Crippen molar-refractivity contribution in [2.75, 3.05) is 13.1 Å². The van der Waals surface area contributed by atoms with E-state index in [-0.39, 0.29) is 17.2 Å². The van der Waals surface area contributed by atoms with Crippen molar-refractivity contribution in [2.45, 2.75) is 254 Å². The number of thiophene rings is 2. The van der Waals surface area contributed by atoms with Gasteiger partial charge in [0.2, 0.25) is 0 Å². The van der Waals surface area contributed by atoms with E-state index in [1.807, 2.05) is 9.80 Å². The Morgan fingerprint density at radius 2 is 0.928 bits per heavy atom. The SMILES string of the molecule is C#Cc1ccc2c(c1)C(CCCCCCCC)(CCCCCCCC)c1cc(C#Cc3ccc(C4=C5C(=O)N(CCC(C)CCCC(C)CCCC(C)C)C(c6cccs6)=C5C(=O)N4CCC(C)CCCC(C)CCCC(C)C)s3)ccc1-2. The van der Waals surface area contributed by atoms with E-state index in [4.69, 9.17) is 6.42 Å². The molecule has 0 radical (unpaired) electrons. The molecular formula is C77H108N2O2S2. The zero-order valence-electron chi connectivity index (χ0n) is 53.6. The van der Waals surface area contributed by atoms with Gasteiger partial charge in [-0.3, -0.25) is 9.59 Å². The van der Waals surface area contributed by atoms with Crippen LogP contribution in [0.1, 0.15) is 286 Å². The molecule has 4 unspecified atom stereocenters. The number of hydrogen-bond donors (Lipinski definition) is 0. The highest BCUT2D eigenvalue weighted by Gasteiger charge is 2.49. The van der Waals surface area contributed by atoms with E-state index in [9.17, 15) is 0 Å². The number of rotatable bonds is 38. The second-order valence-electron chi connectivity index (χ2n) is 27.0. The molecule has 7 rings (SSSR count). The fourth-order valence-electron chi connectivity index (χ4n) is 13.8. The van der Waals surface area contributed by atoms with Crippen molar-refractivity contribution in [3.8, 4) is 35.3 Å². The summed E-state index contributed by atoms with van der Waals surface area (Å²) in [5.74, 6) is 14.2. The van der Waals surface area contributed by atoms with Crippen LogP contribution in [-0.2, 0) is 15.0 Å². The molecule has 450 valence electrons. The van der Waals surface area contributed by atoms with Crippen LogP contribution in [0.5, 0.6) is 0 Å². The number of nitrogens with zero attached hydrogens (tertiary/aromatic N) is 2. The van der Waals surface area contributed by atoms with Crippen molar-refractivity contribution in [1.82, 2.24) is 9.80 Å². The molecule has 2 amide bonds. The number of carbonyl (C=O) groups is 2. The standard InChI is InChI=1S/C77H108N2O2S2/c1-12-15-17-19-21-23-49-77(50-24-22-20-18-16-13-2)67-54-62(14-3)40-44-65(67)66-45-41-63(55-68(66)77)39-42-64-43-46-70(83-64)74-72-71(75(80)79(74)52-48-61(11)37-28-35-59(9)33-26-31-57(6)7)73(69-38-29-53-82-69)78(76(72)81)51-47-60(10)36-27-34-58(8)32-25-30-56(4)5/h3,29,38,40-41,43-46,53-61H,12-13,15-28,30-37,47-52H2,1-2,4-11H3. The quantitative estimate of drug-likeness (QED) is 0.0331. The molecule has 6 heteroatoms. The largest absolute Gasteiger partial charge is 0.306 e. The Morgan fingerprint density at radius 1 is 0.482 bits per heavy atom. The summed E-state index contributed by atoms with van der Waals surface area (Å²) in [5, 5.41) is 2.08. The Morgan fingerprint density at radius 3 is 1.40 bits per heavy atom. The summed E-state index contributed by atoms with van der Waals surface area (Å²) < 4.78 is 0. The van der Waals surface area contributed by atoms with Crippen LogP contribution in [0.2, 0.25) is 0 Å². The molecule has 0 spiro atoms. The molecule has 0 bridgehead atoms. The first-order valence-corrected chi connectivity index (χ1v) is 35.4. The number of fused-ring (bicyclic) bond motifs is 4. The van der Waals surface area contributed by atoms with E-state index >= 15 is 9.59 Å². The van der Waals surface area contributed by atoms with Crippen LogP contribution in [0.3, 0.4) is 0 Å². The Balaban J connectivity index is 1.18. The third-order valence-electron chi connectivity index (χ3n) is 19.0. The first-order valence-electron chi connectivity index (χ1n) is 33.7. The fraction of sp³-hybridized carbons (Fsp3) is 0.610. The van der Waals surface area contributed by atoms with E-state index in [1.54, 1.807) is 22.7 Å². The van der Waals surface area contributed by atoms with E-state index in [2.05, 4.69) is 153 Å². The number of amides is 2. The molecule has 4 aromatic rings. The highest BCUT2D eigenvalue weighted by atomic mass is 32.1. The van der Waals surface area contributed by atoms with Gasteiger partial charge >= 0.3 is 0 Å². The lowest BCUT2D eigenvalue weighted by Crippen LogP contribution is -2.31. The molecule has 0 N–H and O–H groups in total. The average Bonchev–Trinajstić information content (AvgIpc) is 2.06. The smallest absolute Gasteiger partial charge is 0.261 e. The zero-order valence-corrected chi connectivity index (χ0v) is 55.3. The molecule has 4 heterocycles. The molecule has 2 aromatic heterocycles. The minimum atomic E-state index is -0.103. The highest BCUT2D eigenvalue weighted by molar-refractivity contribution is 7.13. The average molecular weight is 1160 g/mol. The zero-order chi connectivity index (χ0) is 59.3. The molecule has 2 aliphatic heterocycles. The van der Waals surface area contributed by atoms with Gasteiger partial charge in [0, 0.05) is 29.6 Å².